The van der Waals surface area contributed by atoms with Crippen molar-refractivity contribution in [3.63, 3.8) is 0 Å². The molecule has 2 atom stereocenters. The van der Waals surface area contributed by atoms with E-state index < -0.39 is 0 Å². The Hall–Kier alpha value is -2.32. The Morgan fingerprint density at radius 1 is 1.13 bits per heavy atom. The molecule has 31 heavy (non-hydrogen) atoms. The number of hydrogen-bond acceptors (Lipinski definition) is 4. The predicted octanol–water partition coefficient (Wildman–Crippen LogP) is 5.14. The van der Waals surface area contributed by atoms with Gasteiger partial charge < -0.3 is 19.1 Å². The third-order valence-corrected chi connectivity index (χ3v) is 6.53. The molecule has 0 aliphatic carbocycles. The van der Waals surface area contributed by atoms with Crippen molar-refractivity contribution in [2.45, 2.75) is 25.6 Å². The molecule has 5 nitrogen and oxygen atoms in total. The van der Waals surface area contributed by atoms with E-state index in [9.17, 15) is 4.79 Å². The molecule has 3 rings (SSSR count). The standard InChI is InChI=1S/C25H28INO4/c1-4-8-21-22(26)14-25(28)27(15-19-11-12-20(29-2)13-24(19)30-3)23(21)17-31-16-18-9-6-5-7-10-18/h4-7,9-14,21,23H,1,8,15-17H2,2-3H3/t21-,23-/m0/s1. The highest BCUT2D eigenvalue weighted by molar-refractivity contribution is 14.1. The van der Waals surface area contributed by atoms with Crippen molar-refractivity contribution in [3.8, 4) is 11.5 Å². The summed E-state index contributed by atoms with van der Waals surface area (Å²) in [4.78, 5) is 14.9. The molecule has 164 valence electrons. The lowest BCUT2D eigenvalue weighted by atomic mass is 9.91. The second kappa shape index (κ2) is 11.3. The SMILES string of the molecule is C=CC[C@H]1C(I)=CC(=O)N(Cc2ccc(OC)cc2OC)[C@H]1COCc1ccccc1. The third-order valence-electron chi connectivity index (χ3n) is 5.42. The summed E-state index contributed by atoms with van der Waals surface area (Å²) in [6.07, 6.45) is 4.40. The fourth-order valence-electron chi connectivity index (χ4n) is 3.76. The number of methoxy groups -OCH3 is 2. The number of amides is 1. The van der Waals surface area contributed by atoms with Crippen molar-refractivity contribution >= 4 is 28.5 Å². The molecule has 2 aromatic rings. The Kier molecular flexibility index (Phi) is 8.54. The molecule has 0 saturated carbocycles. The van der Waals surface area contributed by atoms with Gasteiger partial charge in [0.25, 0.3) is 0 Å². The van der Waals surface area contributed by atoms with Crippen LogP contribution >= 0.6 is 22.6 Å². The highest BCUT2D eigenvalue weighted by Gasteiger charge is 2.36. The number of halogens is 1. The molecule has 6 heteroatoms. The van der Waals surface area contributed by atoms with Gasteiger partial charge in [0.05, 0.1) is 40.0 Å². The molecule has 1 aliphatic rings. The zero-order chi connectivity index (χ0) is 22.2. The minimum Gasteiger partial charge on any atom is -0.497 e. The zero-order valence-corrected chi connectivity index (χ0v) is 20.1. The van der Waals surface area contributed by atoms with Crippen LogP contribution in [0.1, 0.15) is 17.5 Å². The lowest BCUT2D eigenvalue weighted by molar-refractivity contribution is -0.133. The van der Waals surface area contributed by atoms with Gasteiger partial charge in [-0.15, -0.1) is 6.58 Å². The summed E-state index contributed by atoms with van der Waals surface area (Å²) in [6.45, 7) is 5.30. The second-order valence-corrected chi connectivity index (χ2v) is 8.62. The van der Waals surface area contributed by atoms with Crippen molar-refractivity contribution < 1.29 is 19.0 Å². The monoisotopic (exact) mass is 533 g/mol. The Morgan fingerprint density at radius 3 is 2.58 bits per heavy atom. The smallest absolute Gasteiger partial charge is 0.247 e. The van der Waals surface area contributed by atoms with E-state index in [1.54, 1.807) is 20.3 Å². The minimum absolute atomic E-state index is 0.0177. The van der Waals surface area contributed by atoms with Crippen molar-refractivity contribution in [1.82, 2.24) is 4.90 Å². The van der Waals surface area contributed by atoms with Gasteiger partial charge in [-0.05, 0) is 46.7 Å². The number of allylic oxidation sites excluding steroid dienone is 1. The van der Waals surface area contributed by atoms with Gasteiger partial charge in [0.2, 0.25) is 5.91 Å². The fourth-order valence-corrected chi connectivity index (χ4v) is 4.70. The summed E-state index contributed by atoms with van der Waals surface area (Å²) in [6, 6.07) is 15.6. The lowest BCUT2D eigenvalue weighted by Gasteiger charge is -2.40. The molecule has 2 aromatic carbocycles. The van der Waals surface area contributed by atoms with Crippen LogP contribution in [-0.4, -0.2) is 37.7 Å². The number of carbonyl (C=O) groups is 1. The number of nitrogens with zero attached hydrogens (tertiary/aromatic N) is 1. The number of hydrogen-bond donors (Lipinski definition) is 0. The molecule has 0 N–H and O–H groups in total. The largest absolute Gasteiger partial charge is 0.497 e. The van der Waals surface area contributed by atoms with Gasteiger partial charge in [-0.25, -0.2) is 0 Å². The molecule has 0 radical (unpaired) electrons. The number of rotatable bonds is 10. The first kappa shape index (κ1) is 23.3. The van der Waals surface area contributed by atoms with Crippen LogP contribution in [0.2, 0.25) is 0 Å². The first-order valence-corrected chi connectivity index (χ1v) is 11.3. The molecule has 0 saturated heterocycles. The molecule has 1 heterocycles. The van der Waals surface area contributed by atoms with E-state index in [1.165, 1.54) is 0 Å². The fraction of sp³-hybridized carbons (Fsp3) is 0.320. The highest BCUT2D eigenvalue weighted by Crippen LogP contribution is 2.35. The van der Waals surface area contributed by atoms with Gasteiger partial charge in [0.1, 0.15) is 11.5 Å². The normalized spacial score (nSPS) is 18.5. The van der Waals surface area contributed by atoms with Gasteiger partial charge in [-0.1, -0.05) is 36.4 Å². The molecule has 1 aliphatic heterocycles. The van der Waals surface area contributed by atoms with Crippen LogP contribution in [0.3, 0.4) is 0 Å². The van der Waals surface area contributed by atoms with Gasteiger partial charge in [-0.2, -0.15) is 0 Å². The van der Waals surface area contributed by atoms with Gasteiger partial charge >= 0.3 is 0 Å². The van der Waals surface area contributed by atoms with Crippen LogP contribution in [0.4, 0.5) is 0 Å². The topological polar surface area (TPSA) is 48.0 Å². The molecular weight excluding hydrogens is 505 g/mol. The van der Waals surface area contributed by atoms with Crippen LogP contribution in [0.25, 0.3) is 0 Å². The summed E-state index contributed by atoms with van der Waals surface area (Å²) in [7, 11) is 3.25. The van der Waals surface area contributed by atoms with E-state index in [0.29, 0.717) is 31.3 Å². The van der Waals surface area contributed by atoms with Gasteiger partial charge in [0.15, 0.2) is 0 Å². The summed E-state index contributed by atoms with van der Waals surface area (Å²) < 4.78 is 18.0. The molecule has 0 spiro atoms. The number of benzene rings is 2. The van der Waals surface area contributed by atoms with Gasteiger partial charge in [0, 0.05) is 27.2 Å². The van der Waals surface area contributed by atoms with E-state index in [4.69, 9.17) is 14.2 Å². The predicted molar refractivity (Wildman–Crippen MR) is 130 cm³/mol. The summed E-state index contributed by atoms with van der Waals surface area (Å²) in [5.41, 5.74) is 2.03. The van der Waals surface area contributed by atoms with Crippen LogP contribution in [-0.2, 0) is 22.7 Å². The molecular formula is C25H28INO4. The van der Waals surface area contributed by atoms with Crippen molar-refractivity contribution in [1.29, 1.82) is 0 Å². The van der Waals surface area contributed by atoms with E-state index in [1.807, 2.05) is 59.5 Å². The highest BCUT2D eigenvalue weighted by atomic mass is 127. The van der Waals surface area contributed by atoms with Gasteiger partial charge in [-0.3, -0.25) is 4.79 Å². The summed E-state index contributed by atoms with van der Waals surface area (Å²) >= 11 is 2.27. The van der Waals surface area contributed by atoms with Crippen molar-refractivity contribution in [2.75, 3.05) is 20.8 Å². The Balaban J connectivity index is 1.83. The Bertz CT molecular complexity index is 928. The van der Waals surface area contributed by atoms with E-state index in [-0.39, 0.29) is 17.9 Å². The van der Waals surface area contributed by atoms with E-state index in [0.717, 1.165) is 21.1 Å². The first-order valence-electron chi connectivity index (χ1n) is 10.2. The second-order valence-electron chi connectivity index (χ2n) is 7.37. The van der Waals surface area contributed by atoms with Crippen LogP contribution in [0, 0.1) is 5.92 Å². The molecule has 0 unspecified atom stereocenters. The molecule has 0 fully saturated rings. The Morgan fingerprint density at radius 2 is 1.90 bits per heavy atom. The minimum atomic E-state index is -0.0991. The maximum absolute atomic E-state index is 13.0. The lowest BCUT2D eigenvalue weighted by Crippen LogP contribution is -2.49. The molecule has 0 aromatic heterocycles. The summed E-state index contributed by atoms with van der Waals surface area (Å²) in [5, 5.41) is 0. The van der Waals surface area contributed by atoms with Crippen LogP contribution < -0.4 is 9.47 Å². The maximum Gasteiger partial charge on any atom is 0.247 e. The third kappa shape index (κ3) is 5.89. The van der Waals surface area contributed by atoms with Crippen molar-refractivity contribution in [3.05, 3.63) is 82.0 Å². The number of carbonyl (C=O) groups excluding carboxylic acids is 1. The first-order chi connectivity index (χ1) is 15.1. The average molecular weight is 533 g/mol. The molecule has 0 bridgehead atoms. The van der Waals surface area contributed by atoms with Crippen molar-refractivity contribution in [2.24, 2.45) is 5.92 Å². The van der Waals surface area contributed by atoms with Crippen LogP contribution in [0.15, 0.2) is 70.8 Å². The molecule has 1 amide bonds. The number of ether oxygens (including phenoxy) is 3. The van der Waals surface area contributed by atoms with Crippen LogP contribution in [0.5, 0.6) is 11.5 Å². The Labute approximate surface area is 197 Å². The van der Waals surface area contributed by atoms with E-state index >= 15 is 0 Å². The van der Waals surface area contributed by atoms with E-state index in [2.05, 4.69) is 29.2 Å². The summed E-state index contributed by atoms with van der Waals surface area (Å²) in [5.74, 6) is 1.54. The average Bonchev–Trinajstić information content (AvgIpc) is 2.79. The quantitative estimate of drug-likeness (QED) is 0.314. The zero-order valence-electron chi connectivity index (χ0n) is 17.9. The maximum atomic E-state index is 13.0.